The number of ether oxygens (including phenoxy) is 2. The minimum absolute atomic E-state index is 0.0311. The largest absolute Gasteiger partial charge is 0.381 e. The van der Waals surface area contributed by atoms with Gasteiger partial charge in [-0.25, -0.2) is 5.06 Å². The maximum atomic E-state index is 13.7. The Kier molecular flexibility index (Phi) is 13.1. The summed E-state index contributed by atoms with van der Waals surface area (Å²) in [4.78, 5) is 48.1. The number of hydrogen-bond donors (Lipinski definition) is 1. The zero-order chi connectivity index (χ0) is 29.9. The predicted octanol–water partition coefficient (Wildman–Crippen LogP) is 4.00. The number of nitrogens with zero attached hydrogens (tertiary/aromatic N) is 2. The van der Waals surface area contributed by atoms with Gasteiger partial charge in [0.25, 0.3) is 5.91 Å². The Hall–Kier alpha value is -2.49. The number of nitrogens with one attached hydrogen (secondary N) is 1. The van der Waals surface area contributed by atoms with Gasteiger partial charge in [-0.3, -0.25) is 19.2 Å². The van der Waals surface area contributed by atoms with E-state index >= 15 is 0 Å². The SMILES string of the molecule is CCC(C)[C@H](C)C(CC(=O)N1CCC[C@H]1[C@H](OC)[C@@H](C)C(=O)N[C@@H](Cc1ccccc1)C(=O)N1CCCCO1)OC. The first kappa shape index (κ1) is 33.0. The number of carbonyl (C=O) groups is 3. The summed E-state index contributed by atoms with van der Waals surface area (Å²) in [5.41, 5.74) is 0.950. The van der Waals surface area contributed by atoms with Crippen LogP contribution in [0.3, 0.4) is 0 Å². The highest BCUT2D eigenvalue weighted by Gasteiger charge is 2.41. The summed E-state index contributed by atoms with van der Waals surface area (Å²) in [7, 11) is 3.26. The molecule has 2 heterocycles. The third-order valence-corrected chi connectivity index (χ3v) is 9.13. The lowest BCUT2D eigenvalue weighted by Gasteiger charge is -2.36. The van der Waals surface area contributed by atoms with E-state index in [9.17, 15) is 14.4 Å². The van der Waals surface area contributed by atoms with Crippen LogP contribution in [0.15, 0.2) is 30.3 Å². The number of amides is 3. The average molecular weight is 574 g/mol. The van der Waals surface area contributed by atoms with Crippen LogP contribution in [0.25, 0.3) is 0 Å². The van der Waals surface area contributed by atoms with Gasteiger partial charge in [-0.15, -0.1) is 0 Å². The molecule has 3 amide bonds. The summed E-state index contributed by atoms with van der Waals surface area (Å²) in [6.07, 6.45) is 4.40. The Bertz CT molecular complexity index is 969. The van der Waals surface area contributed by atoms with Crippen molar-refractivity contribution in [2.45, 2.75) is 96.9 Å². The number of hydrogen-bond acceptors (Lipinski definition) is 6. The van der Waals surface area contributed by atoms with E-state index in [1.807, 2.05) is 42.2 Å². The van der Waals surface area contributed by atoms with Gasteiger partial charge in [-0.2, -0.15) is 0 Å². The average Bonchev–Trinajstić information content (AvgIpc) is 3.49. The summed E-state index contributed by atoms with van der Waals surface area (Å²) >= 11 is 0. The molecule has 2 aliphatic heterocycles. The van der Waals surface area contributed by atoms with E-state index in [0.717, 1.165) is 37.7 Å². The maximum Gasteiger partial charge on any atom is 0.269 e. The first-order chi connectivity index (χ1) is 19.7. The van der Waals surface area contributed by atoms with Crippen molar-refractivity contribution in [1.82, 2.24) is 15.3 Å². The number of methoxy groups -OCH3 is 2. The molecular formula is C32H51N3O6. The number of benzene rings is 1. The first-order valence-corrected chi connectivity index (χ1v) is 15.3. The van der Waals surface area contributed by atoms with Crippen LogP contribution in [0.5, 0.6) is 0 Å². The molecule has 9 nitrogen and oxygen atoms in total. The first-order valence-electron chi connectivity index (χ1n) is 15.3. The number of hydroxylamine groups is 2. The summed E-state index contributed by atoms with van der Waals surface area (Å²) in [6.45, 7) is 9.93. The maximum absolute atomic E-state index is 13.7. The van der Waals surface area contributed by atoms with Crippen LogP contribution in [-0.4, -0.2) is 85.9 Å². The molecule has 2 aliphatic rings. The molecule has 0 spiro atoms. The van der Waals surface area contributed by atoms with E-state index < -0.39 is 18.1 Å². The van der Waals surface area contributed by atoms with Gasteiger partial charge in [0, 0.05) is 33.7 Å². The molecule has 3 rings (SSSR count). The van der Waals surface area contributed by atoms with Crippen LogP contribution >= 0.6 is 0 Å². The molecule has 2 saturated heterocycles. The van der Waals surface area contributed by atoms with E-state index in [1.54, 1.807) is 14.2 Å². The highest BCUT2D eigenvalue weighted by atomic mass is 16.7. The second-order valence-corrected chi connectivity index (χ2v) is 11.7. The lowest BCUT2D eigenvalue weighted by atomic mass is 9.87. The molecule has 0 radical (unpaired) electrons. The molecule has 0 aliphatic carbocycles. The highest BCUT2D eigenvalue weighted by molar-refractivity contribution is 5.88. The summed E-state index contributed by atoms with van der Waals surface area (Å²) in [5.74, 6) is -0.378. The zero-order valence-corrected chi connectivity index (χ0v) is 25.8. The van der Waals surface area contributed by atoms with Crippen molar-refractivity contribution >= 4 is 17.7 Å². The van der Waals surface area contributed by atoms with Crippen molar-refractivity contribution < 1.29 is 28.7 Å². The molecule has 230 valence electrons. The Labute approximate surface area is 246 Å². The van der Waals surface area contributed by atoms with Crippen LogP contribution in [-0.2, 0) is 35.1 Å². The third kappa shape index (κ3) is 8.75. The van der Waals surface area contributed by atoms with Crippen molar-refractivity contribution in [3.05, 3.63) is 35.9 Å². The number of carbonyl (C=O) groups excluding carboxylic acids is 3. The van der Waals surface area contributed by atoms with Gasteiger partial charge < -0.3 is 19.7 Å². The normalized spacial score (nSPS) is 22.0. The fourth-order valence-electron chi connectivity index (χ4n) is 6.10. The lowest BCUT2D eigenvalue weighted by Crippen LogP contribution is -2.55. The van der Waals surface area contributed by atoms with E-state index in [4.69, 9.17) is 14.3 Å². The van der Waals surface area contributed by atoms with Gasteiger partial charge in [0.2, 0.25) is 11.8 Å². The fourth-order valence-corrected chi connectivity index (χ4v) is 6.10. The van der Waals surface area contributed by atoms with Crippen LogP contribution in [0.2, 0.25) is 0 Å². The van der Waals surface area contributed by atoms with E-state index in [2.05, 4.69) is 26.1 Å². The molecule has 2 fully saturated rings. The highest BCUT2D eigenvalue weighted by Crippen LogP contribution is 2.29. The second kappa shape index (κ2) is 16.2. The van der Waals surface area contributed by atoms with Crippen molar-refractivity contribution in [3.8, 4) is 0 Å². The second-order valence-electron chi connectivity index (χ2n) is 11.7. The number of rotatable bonds is 14. The molecule has 0 aromatic heterocycles. The topological polar surface area (TPSA) is 97.4 Å². The minimum atomic E-state index is -0.770. The quantitative estimate of drug-likeness (QED) is 0.362. The fraction of sp³-hybridized carbons (Fsp3) is 0.719. The molecule has 0 saturated carbocycles. The Morgan fingerprint density at radius 3 is 2.37 bits per heavy atom. The van der Waals surface area contributed by atoms with Gasteiger partial charge in [-0.05, 0) is 43.1 Å². The van der Waals surface area contributed by atoms with Crippen molar-refractivity contribution in [3.63, 3.8) is 0 Å². The van der Waals surface area contributed by atoms with Crippen LogP contribution in [0, 0.1) is 17.8 Å². The molecule has 1 aromatic carbocycles. The summed E-state index contributed by atoms with van der Waals surface area (Å²) < 4.78 is 11.7. The predicted molar refractivity (Wildman–Crippen MR) is 158 cm³/mol. The van der Waals surface area contributed by atoms with Gasteiger partial charge in [-0.1, -0.05) is 64.4 Å². The van der Waals surface area contributed by atoms with Crippen molar-refractivity contribution in [2.75, 3.05) is 33.9 Å². The van der Waals surface area contributed by atoms with Crippen LogP contribution < -0.4 is 5.32 Å². The van der Waals surface area contributed by atoms with Gasteiger partial charge in [0.05, 0.1) is 37.2 Å². The number of likely N-dealkylation sites (tertiary alicyclic amines) is 1. The van der Waals surface area contributed by atoms with Crippen molar-refractivity contribution in [1.29, 1.82) is 0 Å². The van der Waals surface area contributed by atoms with E-state index in [1.165, 1.54) is 5.06 Å². The Morgan fingerprint density at radius 2 is 1.76 bits per heavy atom. The molecule has 41 heavy (non-hydrogen) atoms. The molecule has 1 N–H and O–H groups in total. The smallest absolute Gasteiger partial charge is 0.269 e. The molecule has 7 atom stereocenters. The molecular weight excluding hydrogens is 522 g/mol. The van der Waals surface area contributed by atoms with E-state index in [-0.39, 0.29) is 35.8 Å². The van der Waals surface area contributed by atoms with Gasteiger partial charge in [0.1, 0.15) is 6.04 Å². The van der Waals surface area contributed by atoms with Gasteiger partial charge >= 0.3 is 0 Å². The van der Waals surface area contributed by atoms with Crippen LogP contribution in [0.1, 0.15) is 71.8 Å². The molecule has 1 aromatic rings. The monoisotopic (exact) mass is 573 g/mol. The minimum Gasteiger partial charge on any atom is -0.381 e. The third-order valence-electron chi connectivity index (χ3n) is 9.13. The van der Waals surface area contributed by atoms with Crippen molar-refractivity contribution in [2.24, 2.45) is 17.8 Å². The zero-order valence-electron chi connectivity index (χ0n) is 25.8. The van der Waals surface area contributed by atoms with Gasteiger partial charge in [0.15, 0.2) is 0 Å². The van der Waals surface area contributed by atoms with E-state index in [0.29, 0.717) is 38.5 Å². The van der Waals surface area contributed by atoms with Crippen LogP contribution in [0.4, 0.5) is 0 Å². The Balaban J connectivity index is 1.71. The lowest BCUT2D eigenvalue weighted by molar-refractivity contribution is -0.199. The molecule has 9 heteroatoms. The molecule has 0 bridgehead atoms. The molecule has 2 unspecified atom stereocenters. The standard InChI is InChI=1S/C32H51N3O6/c1-7-22(2)23(3)28(39-5)21-29(36)34-17-13-16-27(34)30(40-6)24(4)31(37)33-26(20-25-14-9-8-10-15-25)32(38)35-18-11-12-19-41-35/h8-10,14-15,22-24,26-28,30H,7,11-13,16-21H2,1-6H3,(H,33,37)/t22?,23-,24+,26-,27-,28?,30+/m0/s1. The summed E-state index contributed by atoms with van der Waals surface area (Å²) in [6, 6.07) is 8.66. The summed E-state index contributed by atoms with van der Waals surface area (Å²) in [5, 5.41) is 4.39. The Morgan fingerprint density at radius 1 is 1.02 bits per heavy atom.